The first-order chi connectivity index (χ1) is 7.93. The Labute approximate surface area is 101 Å². The molecule has 0 N–H and O–H groups in total. The normalized spacial score (nSPS) is 18.6. The molecule has 0 amide bonds. The topological polar surface area (TPSA) is 12.5 Å². The largest absolute Gasteiger partial charge is 0.373 e. The smallest absolute Gasteiger partial charge is 0.0810 e. The van der Waals surface area contributed by atoms with Crippen LogP contribution < -0.4 is 0 Å². The molecular formula is C15H28O. The Morgan fingerprint density at radius 1 is 0.875 bits per heavy atom. The average molecular weight is 224 g/mol. The highest BCUT2D eigenvalue weighted by molar-refractivity contribution is 4.68. The average Bonchev–Trinajstić information content (AvgIpc) is 3.10. The molecule has 1 saturated heterocycles. The summed E-state index contributed by atoms with van der Waals surface area (Å²) < 4.78 is 5.19. The fourth-order valence-corrected chi connectivity index (χ4v) is 2.13. The van der Waals surface area contributed by atoms with Crippen molar-refractivity contribution in [2.75, 3.05) is 6.61 Å². The van der Waals surface area contributed by atoms with Gasteiger partial charge in [-0.25, -0.2) is 0 Å². The van der Waals surface area contributed by atoms with Crippen molar-refractivity contribution in [3.63, 3.8) is 0 Å². The fraction of sp³-hybridized carbons (Fsp3) is 0.867. The Morgan fingerprint density at radius 3 is 1.88 bits per heavy atom. The van der Waals surface area contributed by atoms with Crippen LogP contribution >= 0.6 is 0 Å². The lowest BCUT2D eigenvalue weighted by Gasteiger charge is -2.01. The number of allylic oxidation sites excluding steroid dienone is 1. The number of rotatable bonds is 12. The van der Waals surface area contributed by atoms with Crippen LogP contribution in [0, 0.1) is 0 Å². The highest BCUT2D eigenvalue weighted by atomic mass is 16.6. The van der Waals surface area contributed by atoms with Gasteiger partial charge in [-0.2, -0.15) is 0 Å². The summed E-state index contributed by atoms with van der Waals surface area (Å²) in [7, 11) is 0. The first-order valence-electron chi connectivity index (χ1n) is 7.16. The second kappa shape index (κ2) is 9.89. The first-order valence-corrected chi connectivity index (χ1v) is 7.16. The van der Waals surface area contributed by atoms with E-state index in [0.29, 0.717) is 6.10 Å². The number of unbranched alkanes of at least 4 members (excludes halogenated alkanes) is 9. The highest BCUT2D eigenvalue weighted by Gasteiger charge is 2.20. The van der Waals surface area contributed by atoms with Crippen molar-refractivity contribution < 1.29 is 4.74 Å². The van der Waals surface area contributed by atoms with Crippen molar-refractivity contribution >= 4 is 0 Å². The lowest BCUT2D eigenvalue weighted by Crippen LogP contribution is -1.86. The van der Waals surface area contributed by atoms with Crippen molar-refractivity contribution in [2.45, 2.75) is 76.7 Å². The Morgan fingerprint density at radius 2 is 1.38 bits per heavy atom. The van der Waals surface area contributed by atoms with Gasteiger partial charge in [-0.1, -0.05) is 57.4 Å². The molecule has 0 aromatic rings. The molecule has 0 aliphatic carbocycles. The minimum atomic E-state index is 0.643. The van der Waals surface area contributed by atoms with Gasteiger partial charge in [-0.3, -0.25) is 0 Å². The van der Waals surface area contributed by atoms with Gasteiger partial charge in [0.05, 0.1) is 12.7 Å². The quantitative estimate of drug-likeness (QED) is 0.262. The van der Waals surface area contributed by atoms with E-state index in [-0.39, 0.29) is 0 Å². The molecule has 1 heterocycles. The van der Waals surface area contributed by atoms with Crippen LogP contribution in [0.1, 0.15) is 70.6 Å². The highest BCUT2D eigenvalue weighted by Crippen LogP contribution is 2.18. The van der Waals surface area contributed by atoms with E-state index in [4.69, 9.17) is 4.74 Å². The summed E-state index contributed by atoms with van der Waals surface area (Å²) in [6, 6.07) is 0. The molecule has 1 nitrogen and oxygen atoms in total. The van der Waals surface area contributed by atoms with E-state index in [2.05, 4.69) is 6.58 Å². The molecule has 0 spiro atoms. The van der Waals surface area contributed by atoms with Gasteiger partial charge in [0.1, 0.15) is 0 Å². The standard InChI is InChI=1S/C15H28O/c1-2-3-4-5-6-7-8-9-10-11-12-13-15-14-16-15/h2,15H,1,3-14H2. The first kappa shape index (κ1) is 13.8. The second-order valence-electron chi connectivity index (χ2n) is 5.00. The Balaban J connectivity index is 1.63. The summed E-state index contributed by atoms with van der Waals surface area (Å²) in [5.74, 6) is 0. The number of hydrogen-bond acceptors (Lipinski definition) is 1. The molecule has 1 aliphatic rings. The van der Waals surface area contributed by atoms with Gasteiger partial charge < -0.3 is 4.74 Å². The zero-order valence-electron chi connectivity index (χ0n) is 10.8. The summed E-state index contributed by atoms with van der Waals surface area (Å²) in [4.78, 5) is 0. The SMILES string of the molecule is C=CCCCCCCCCCCCC1CO1. The molecule has 1 fully saturated rings. The van der Waals surface area contributed by atoms with Gasteiger partial charge in [-0.05, 0) is 19.3 Å². The summed E-state index contributed by atoms with van der Waals surface area (Å²) in [6.45, 7) is 4.78. The van der Waals surface area contributed by atoms with Gasteiger partial charge in [0.15, 0.2) is 0 Å². The second-order valence-corrected chi connectivity index (χ2v) is 5.00. The molecule has 16 heavy (non-hydrogen) atoms. The molecule has 94 valence electrons. The van der Waals surface area contributed by atoms with E-state index >= 15 is 0 Å². The van der Waals surface area contributed by atoms with Crippen LogP contribution in [0.25, 0.3) is 0 Å². The van der Waals surface area contributed by atoms with E-state index in [9.17, 15) is 0 Å². The third kappa shape index (κ3) is 8.96. The third-order valence-corrected chi connectivity index (χ3v) is 3.34. The molecule has 1 unspecified atom stereocenters. The summed E-state index contributed by atoms with van der Waals surface area (Å²) >= 11 is 0. The molecule has 0 saturated carbocycles. The maximum atomic E-state index is 5.19. The van der Waals surface area contributed by atoms with E-state index in [1.165, 1.54) is 70.6 Å². The van der Waals surface area contributed by atoms with Crippen LogP contribution in [0.5, 0.6) is 0 Å². The molecule has 0 aromatic heterocycles. The van der Waals surface area contributed by atoms with Crippen LogP contribution in [0.3, 0.4) is 0 Å². The number of ether oxygens (including phenoxy) is 1. The van der Waals surface area contributed by atoms with E-state index in [1.807, 2.05) is 6.08 Å². The monoisotopic (exact) mass is 224 g/mol. The molecule has 1 aliphatic heterocycles. The van der Waals surface area contributed by atoms with Crippen LogP contribution in [-0.4, -0.2) is 12.7 Å². The van der Waals surface area contributed by atoms with Crippen molar-refractivity contribution in [2.24, 2.45) is 0 Å². The molecule has 0 aromatic carbocycles. The van der Waals surface area contributed by atoms with Gasteiger partial charge in [0, 0.05) is 0 Å². The summed E-state index contributed by atoms with van der Waals surface area (Å²) in [5, 5.41) is 0. The zero-order chi connectivity index (χ0) is 11.5. The van der Waals surface area contributed by atoms with E-state index in [1.54, 1.807) is 0 Å². The molecular weight excluding hydrogens is 196 g/mol. The van der Waals surface area contributed by atoms with Crippen molar-refractivity contribution in [1.29, 1.82) is 0 Å². The fourth-order valence-electron chi connectivity index (χ4n) is 2.13. The van der Waals surface area contributed by atoms with E-state index in [0.717, 1.165) is 6.61 Å². The van der Waals surface area contributed by atoms with Crippen molar-refractivity contribution in [3.05, 3.63) is 12.7 Å². The summed E-state index contributed by atoms with van der Waals surface area (Å²) in [5.41, 5.74) is 0. The maximum absolute atomic E-state index is 5.19. The minimum absolute atomic E-state index is 0.643. The molecule has 1 rings (SSSR count). The van der Waals surface area contributed by atoms with Crippen molar-refractivity contribution in [3.8, 4) is 0 Å². The molecule has 0 radical (unpaired) electrons. The zero-order valence-corrected chi connectivity index (χ0v) is 10.8. The molecule has 0 bridgehead atoms. The molecule has 1 heteroatoms. The van der Waals surface area contributed by atoms with Crippen LogP contribution in [-0.2, 0) is 4.74 Å². The molecule has 1 atom stereocenters. The van der Waals surface area contributed by atoms with Gasteiger partial charge in [0.2, 0.25) is 0 Å². The third-order valence-electron chi connectivity index (χ3n) is 3.34. The maximum Gasteiger partial charge on any atom is 0.0810 e. The van der Waals surface area contributed by atoms with E-state index < -0.39 is 0 Å². The predicted octanol–water partition coefficient (Wildman–Crippen LogP) is 4.86. The van der Waals surface area contributed by atoms with Gasteiger partial charge in [-0.15, -0.1) is 6.58 Å². The summed E-state index contributed by atoms with van der Waals surface area (Å²) in [6.07, 6.45) is 17.9. The Hall–Kier alpha value is -0.300. The van der Waals surface area contributed by atoms with Crippen LogP contribution in [0.15, 0.2) is 12.7 Å². The predicted molar refractivity (Wildman–Crippen MR) is 70.7 cm³/mol. The lowest BCUT2D eigenvalue weighted by molar-refractivity contribution is 0.387. The van der Waals surface area contributed by atoms with Crippen LogP contribution in [0.4, 0.5) is 0 Å². The van der Waals surface area contributed by atoms with Crippen molar-refractivity contribution in [1.82, 2.24) is 0 Å². The number of hydrogen-bond donors (Lipinski definition) is 0. The lowest BCUT2D eigenvalue weighted by atomic mass is 10.1. The Bertz CT molecular complexity index is 161. The Kier molecular flexibility index (Phi) is 8.51. The van der Waals surface area contributed by atoms with Crippen LogP contribution in [0.2, 0.25) is 0 Å². The minimum Gasteiger partial charge on any atom is -0.373 e. The number of epoxide rings is 1. The van der Waals surface area contributed by atoms with Gasteiger partial charge >= 0.3 is 0 Å². The van der Waals surface area contributed by atoms with Gasteiger partial charge in [0.25, 0.3) is 0 Å².